The van der Waals surface area contributed by atoms with E-state index >= 15 is 0 Å². The number of rotatable bonds is 7. The third-order valence-electron chi connectivity index (χ3n) is 2.76. The molecule has 6 heteroatoms. The molecule has 0 aliphatic heterocycles. The van der Waals surface area contributed by atoms with Gasteiger partial charge in [0.2, 0.25) is 0 Å². The number of para-hydroxylation sites is 1. The Morgan fingerprint density at radius 2 is 2.15 bits per heavy atom. The second-order valence-corrected chi connectivity index (χ2v) is 4.50. The number of carbonyl (C=O) groups is 1. The van der Waals surface area contributed by atoms with E-state index in [1.54, 1.807) is 19.1 Å². The number of hydrogen-bond acceptors (Lipinski definition) is 3. The van der Waals surface area contributed by atoms with Crippen LogP contribution in [0.4, 0.5) is 9.18 Å². The summed E-state index contributed by atoms with van der Waals surface area (Å²) in [6, 6.07) is 5.46. The van der Waals surface area contributed by atoms with E-state index in [1.807, 2.05) is 6.92 Å². The highest BCUT2D eigenvalue weighted by molar-refractivity contribution is 5.74. The first-order chi connectivity index (χ1) is 9.56. The lowest BCUT2D eigenvalue weighted by molar-refractivity contribution is 0.194. The van der Waals surface area contributed by atoms with Crippen LogP contribution in [-0.4, -0.2) is 36.4 Å². The van der Waals surface area contributed by atoms with Gasteiger partial charge in [-0.2, -0.15) is 0 Å². The normalized spacial score (nSPS) is 13.4. The number of aliphatic hydroxyl groups is 1. The quantitative estimate of drug-likeness (QED) is 0.713. The summed E-state index contributed by atoms with van der Waals surface area (Å²) in [5.41, 5.74) is 0. The van der Waals surface area contributed by atoms with Crippen LogP contribution in [0.3, 0.4) is 0 Å². The lowest BCUT2D eigenvalue weighted by Gasteiger charge is -2.18. The van der Waals surface area contributed by atoms with Crippen molar-refractivity contribution >= 4 is 6.03 Å². The number of benzene rings is 1. The summed E-state index contributed by atoms with van der Waals surface area (Å²) in [6.45, 7) is 3.73. The van der Waals surface area contributed by atoms with Crippen LogP contribution in [-0.2, 0) is 0 Å². The van der Waals surface area contributed by atoms with E-state index < -0.39 is 5.82 Å². The minimum Gasteiger partial charge on any atom is -0.486 e. The summed E-state index contributed by atoms with van der Waals surface area (Å²) in [6.07, 6.45) is 0.275. The van der Waals surface area contributed by atoms with Crippen LogP contribution in [0, 0.1) is 5.82 Å². The molecule has 0 bridgehead atoms. The van der Waals surface area contributed by atoms with Crippen molar-refractivity contribution in [2.45, 2.75) is 32.4 Å². The topological polar surface area (TPSA) is 70.6 Å². The van der Waals surface area contributed by atoms with E-state index in [4.69, 9.17) is 9.84 Å². The van der Waals surface area contributed by atoms with E-state index in [9.17, 15) is 9.18 Å². The molecule has 112 valence electrons. The summed E-state index contributed by atoms with van der Waals surface area (Å²) in [5.74, 6) is -0.279. The van der Waals surface area contributed by atoms with Gasteiger partial charge in [-0.3, -0.25) is 0 Å². The first-order valence-corrected chi connectivity index (χ1v) is 6.63. The van der Waals surface area contributed by atoms with Gasteiger partial charge in [-0.15, -0.1) is 0 Å². The standard InChI is InChI=1S/C14H21FN2O3/c1-3-11(9-18)17-14(19)16-8-10(2)20-13-7-5-4-6-12(13)15/h4-7,10-11,18H,3,8-9H2,1-2H3,(H2,16,17,19). The van der Waals surface area contributed by atoms with Gasteiger partial charge < -0.3 is 20.5 Å². The zero-order valence-electron chi connectivity index (χ0n) is 11.7. The summed E-state index contributed by atoms with van der Waals surface area (Å²) in [4.78, 5) is 11.5. The van der Waals surface area contributed by atoms with Gasteiger partial charge in [0.25, 0.3) is 0 Å². The predicted molar refractivity (Wildman–Crippen MR) is 74.2 cm³/mol. The SMILES string of the molecule is CCC(CO)NC(=O)NCC(C)Oc1ccccc1F. The average Bonchev–Trinajstić information content (AvgIpc) is 2.45. The van der Waals surface area contributed by atoms with Crippen molar-refractivity contribution in [3.63, 3.8) is 0 Å². The van der Waals surface area contributed by atoms with Gasteiger partial charge in [0.1, 0.15) is 6.10 Å². The van der Waals surface area contributed by atoms with Crippen molar-refractivity contribution in [2.75, 3.05) is 13.2 Å². The molecule has 5 nitrogen and oxygen atoms in total. The largest absolute Gasteiger partial charge is 0.486 e. The fraction of sp³-hybridized carbons (Fsp3) is 0.500. The summed E-state index contributed by atoms with van der Waals surface area (Å²) < 4.78 is 18.7. The van der Waals surface area contributed by atoms with Crippen LogP contribution in [0.2, 0.25) is 0 Å². The fourth-order valence-electron chi connectivity index (χ4n) is 1.55. The fourth-order valence-corrected chi connectivity index (χ4v) is 1.55. The van der Waals surface area contributed by atoms with Gasteiger partial charge >= 0.3 is 6.03 Å². The first-order valence-electron chi connectivity index (χ1n) is 6.63. The molecule has 0 radical (unpaired) electrons. The molecule has 0 fully saturated rings. The van der Waals surface area contributed by atoms with Crippen LogP contribution in [0.15, 0.2) is 24.3 Å². The lowest BCUT2D eigenvalue weighted by Crippen LogP contribution is -2.46. The van der Waals surface area contributed by atoms with Crippen molar-refractivity contribution in [1.29, 1.82) is 0 Å². The number of urea groups is 1. The zero-order valence-corrected chi connectivity index (χ0v) is 11.7. The highest BCUT2D eigenvalue weighted by Crippen LogP contribution is 2.16. The average molecular weight is 284 g/mol. The molecule has 1 aromatic carbocycles. The molecule has 2 amide bonds. The number of aliphatic hydroxyl groups excluding tert-OH is 1. The number of hydrogen-bond donors (Lipinski definition) is 3. The Balaban J connectivity index is 2.34. The number of nitrogens with one attached hydrogen (secondary N) is 2. The van der Waals surface area contributed by atoms with Gasteiger partial charge in [-0.25, -0.2) is 9.18 Å². The Morgan fingerprint density at radius 3 is 2.75 bits per heavy atom. The second-order valence-electron chi connectivity index (χ2n) is 4.50. The number of carbonyl (C=O) groups excluding carboxylic acids is 1. The minimum atomic E-state index is -0.435. The van der Waals surface area contributed by atoms with Crippen molar-refractivity contribution < 1.29 is 19.0 Å². The summed E-state index contributed by atoms with van der Waals surface area (Å²) in [7, 11) is 0. The van der Waals surface area contributed by atoms with Gasteiger partial charge in [0.15, 0.2) is 11.6 Å². The van der Waals surface area contributed by atoms with Crippen LogP contribution < -0.4 is 15.4 Å². The van der Waals surface area contributed by atoms with E-state index in [0.717, 1.165) is 0 Å². The molecule has 0 saturated heterocycles. The highest BCUT2D eigenvalue weighted by atomic mass is 19.1. The van der Waals surface area contributed by atoms with Crippen molar-refractivity contribution in [3.8, 4) is 5.75 Å². The first kappa shape index (κ1) is 16.2. The molecule has 0 saturated carbocycles. The molecule has 3 N–H and O–H groups in total. The van der Waals surface area contributed by atoms with E-state index in [1.165, 1.54) is 12.1 Å². The molecule has 1 aromatic rings. The lowest BCUT2D eigenvalue weighted by atomic mass is 10.2. The monoisotopic (exact) mass is 284 g/mol. The number of ether oxygens (including phenoxy) is 1. The molecular formula is C14H21FN2O3. The molecule has 0 spiro atoms. The molecule has 1 rings (SSSR count). The molecule has 0 heterocycles. The van der Waals surface area contributed by atoms with Gasteiger partial charge in [-0.05, 0) is 25.5 Å². The van der Waals surface area contributed by atoms with Crippen molar-refractivity contribution in [2.24, 2.45) is 0 Å². The Morgan fingerprint density at radius 1 is 1.45 bits per heavy atom. The predicted octanol–water partition coefficient (Wildman–Crippen LogP) is 1.66. The summed E-state index contributed by atoms with van der Waals surface area (Å²) >= 11 is 0. The zero-order chi connectivity index (χ0) is 15.0. The molecule has 0 aromatic heterocycles. The van der Waals surface area contributed by atoms with Crippen LogP contribution in [0.5, 0.6) is 5.75 Å². The number of halogens is 1. The maximum Gasteiger partial charge on any atom is 0.315 e. The highest BCUT2D eigenvalue weighted by Gasteiger charge is 2.11. The van der Waals surface area contributed by atoms with Gasteiger partial charge in [-0.1, -0.05) is 19.1 Å². The van der Waals surface area contributed by atoms with Crippen molar-refractivity contribution in [1.82, 2.24) is 10.6 Å². The molecule has 0 aliphatic rings. The van der Waals surface area contributed by atoms with E-state index in [-0.39, 0.29) is 37.1 Å². The molecule has 2 atom stereocenters. The van der Waals surface area contributed by atoms with Gasteiger partial charge in [0, 0.05) is 0 Å². The van der Waals surface area contributed by atoms with E-state index in [2.05, 4.69) is 10.6 Å². The third kappa shape index (κ3) is 5.44. The third-order valence-corrected chi connectivity index (χ3v) is 2.76. The maximum atomic E-state index is 13.4. The summed E-state index contributed by atoms with van der Waals surface area (Å²) in [5, 5.41) is 14.2. The molecule has 20 heavy (non-hydrogen) atoms. The molecule has 0 aliphatic carbocycles. The molecule has 2 unspecified atom stereocenters. The Hall–Kier alpha value is -1.82. The Labute approximate surface area is 118 Å². The van der Waals surface area contributed by atoms with Crippen molar-refractivity contribution in [3.05, 3.63) is 30.1 Å². The van der Waals surface area contributed by atoms with Crippen LogP contribution in [0.25, 0.3) is 0 Å². The minimum absolute atomic E-state index is 0.106. The Kier molecular flexibility index (Phi) is 6.79. The van der Waals surface area contributed by atoms with E-state index in [0.29, 0.717) is 6.42 Å². The maximum absolute atomic E-state index is 13.4. The Bertz CT molecular complexity index is 425. The second kappa shape index (κ2) is 8.37. The van der Waals surface area contributed by atoms with Gasteiger partial charge in [0.05, 0.1) is 19.2 Å². The molecular weight excluding hydrogens is 263 g/mol. The smallest absolute Gasteiger partial charge is 0.315 e. The van der Waals surface area contributed by atoms with Crippen LogP contribution in [0.1, 0.15) is 20.3 Å². The van der Waals surface area contributed by atoms with Crippen LogP contribution >= 0.6 is 0 Å². The number of amides is 2.